The van der Waals surface area contributed by atoms with Crippen LogP contribution in [0.15, 0.2) is 23.1 Å². The molecule has 138 valence electrons. The molecule has 0 aromatic heterocycles. The number of nitrogens with one attached hydrogen (secondary N) is 1. The van der Waals surface area contributed by atoms with Crippen LogP contribution in [0.4, 0.5) is 0 Å². The maximum absolute atomic E-state index is 12.4. The SMILES string of the molecule is Cc1ccc(S(=O)(=O)NC(C)(C)C)cc1C(=O)OC1CC(C)OC1=O. The van der Waals surface area contributed by atoms with E-state index >= 15 is 0 Å². The van der Waals surface area contributed by atoms with E-state index in [4.69, 9.17) is 9.47 Å². The van der Waals surface area contributed by atoms with Gasteiger partial charge in [-0.1, -0.05) is 6.07 Å². The Kier molecular flexibility index (Phi) is 5.24. The first-order valence-electron chi connectivity index (χ1n) is 7.95. The fraction of sp³-hybridized carbons (Fsp3) is 0.529. The van der Waals surface area contributed by atoms with Gasteiger partial charge in [0.1, 0.15) is 6.10 Å². The third-order valence-electron chi connectivity index (χ3n) is 3.56. The van der Waals surface area contributed by atoms with E-state index in [1.54, 1.807) is 34.6 Å². The molecule has 0 spiro atoms. The molecule has 1 saturated heterocycles. The number of hydrogen-bond donors (Lipinski definition) is 1. The molecule has 0 saturated carbocycles. The van der Waals surface area contributed by atoms with Crippen LogP contribution in [0.1, 0.15) is 50.0 Å². The normalized spacial score (nSPS) is 21.1. The average Bonchev–Trinajstić information content (AvgIpc) is 2.74. The molecule has 0 radical (unpaired) electrons. The summed E-state index contributed by atoms with van der Waals surface area (Å²) in [5, 5.41) is 0. The van der Waals surface area contributed by atoms with Crippen molar-refractivity contribution in [1.29, 1.82) is 0 Å². The van der Waals surface area contributed by atoms with Crippen LogP contribution in [-0.4, -0.2) is 38.1 Å². The molecule has 1 aliphatic rings. The van der Waals surface area contributed by atoms with Crippen LogP contribution in [-0.2, 0) is 24.3 Å². The van der Waals surface area contributed by atoms with Crippen LogP contribution in [0.3, 0.4) is 0 Å². The third kappa shape index (κ3) is 4.79. The van der Waals surface area contributed by atoms with Gasteiger partial charge in [0.2, 0.25) is 16.1 Å². The molecule has 1 aromatic rings. The first kappa shape index (κ1) is 19.4. The highest BCUT2D eigenvalue weighted by Crippen LogP contribution is 2.22. The van der Waals surface area contributed by atoms with Gasteiger partial charge in [-0.2, -0.15) is 0 Å². The van der Waals surface area contributed by atoms with Crippen LogP contribution >= 0.6 is 0 Å². The van der Waals surface area contributed by atoms with E-state index in [-0.39, 0.29) is 23.0 Å². The van der Waals surface area contributed by atoms with Crippen molar-refractivity contribution in [2.24, 2.45) is 0 Å². The molecule has 2 rings (SSSR count). The molecule has 1 heterocycles. The van der Waals surface area contributed by atoms with Crippen molar-refractivity contribution in [2.75, 3.05) is 0 Å². The molecule has 7 nitrogen and oxygen atoms in total. The van der Waals surface area contributed by atoms with E-state index in [9.17, 15) is 18.0 Å². The highest BCUT2D eigenvalue weighted by molar-refractivity contribution is 7.89. The Bertz CT molecular complexity index is 794. The molecule has 0 aliphatic carbocycles. The van der Waals surface area contributed by atoms with Crippen LogP contribution in [0.5, 0.6) is 0 Å². The zero-order valence-electron chi connectivity index (χ0n) is 15.0. The summed E-state index contributed by atoms with van der Waals surface area (Å²) in [6, 6.07) is 4.21. The number of aryl methyl sites for hydroxylation is 1. The molecule has 1 N–H and O–H groups in total. The highest BCUT2D eigenvalue weighted by Gasteiger charge is 2.35. The predicted octanol–water partition coefficient (Wildman–Crippen LogP) is 1.93. The minimum absolute atomic E-state index is 0.0395. The summed E-state index contributed by atoms with van der Waals surface area (Å²) in [4.78, 5) is 24.0. The van der Waals surface area contributed by atoms with Gasteiger partial charge < -0.3 is 9.47 Å². The smallest absolute Gasteiger partial charge is 0.347 e. The first-order chi connectivity index (χ1) is 11.4. The topological polar surface area (TPSA) is 98.8 Å². The van der Waals surface area contributed by atoms with Crippen molar-refractivity contribution in [3.05, 3.63) is 29.3 Å². The van der Waals surface area contributed by atoms with Crippen LogP contribution in [0, 0.1) is 6.92 Å². The van der Waals surface area contributed by atoms with Gasteiger partial charge in [0, 0.05) is 12.0 Å². The Morgan fingerprint density at radius 3 is 2.48 bits per heavy atom. The molecule has 0 amide bonds. The Labute approximate surface area is 147 Å². The lowest BCUT2D eigenvalue weighted by Gasteiger charge is -2.20. The Morgan fingerprint density at radius 1 is 1.32 bits per heavy atom. The van der Waals surface area contributed by atoms with Gasteiger partial charge in [0.15, 0.2) is 0 Å². The van der Waals surface area contributed by atoms with Crippen molar-refractivity contribution in [2.45, 2.75) is 63.7 Å². The van der Waals surface area contributed by atoms with Crippen molar-refractivity contribution < 1.29 is 27.5 Å². The zero-order valence-corrected chi connectivity index (χ0v) is 15.8. The summed E-state index contributed by atoms with van der Waals surface area (Å²) in [7, 11) is -3.79. The number of benzene rings is 1. The van der Waals surface area contributed by atoms with Gasteiger partial charge in [-0.25, -0.2) is 22.7 Å². The maximum Gasteiger partial charge on any atom is 0.347 e. The Morgan fingerprint density at radius 2 is 1.96 bits per heavy atom. The zero-order chi connectivity index (χ0) is 19.0. The summed E-state index contributed by atoms with van der Waals surface area (Å²) >= 11 is 0. The molecule has 1 aliphatic heterocycles. The number of carbonyl (C=O) groups excluding carboxylic acids is 2. The van der Waals surface area contributed by atoms with E-state index in [0.717, 1.165) is 0 Å². The van der Waals surface area contributed by atoms with E-state index in [1.807, 2.05) is 0 Å². The molecule has 2 atom stereocenters. The number of sulfonamides is 1. The largest absolute Gasteiger partial charge is 0.460 e. The van der Waals surface area contributed by atoms with Crippen molar-refractivity contribution in [3.8, 4) is 0 Å². The molecule has 8 heteroatoms. The molecular weight excluding hydrogens is 346 g/mol. The Hall–Kier alpha value is -1.93. The molecule has 1 fully saturated rings. The fourth-order valence-electron chi connectivity index (χ4n) is 2.46. The minimum Gasteiger partial charge on any atom is -0.460 e. The minimum atomic E-state index is -3.79. The first-order valence-corrected chi connectivity index (χ1v) is 9.43. The lowest BCUT2D eigenvalue weighted by Crippen LogP contribution is -2.40. The van der Waals surface area contributed by atoms with Gasteiger partial charge in [-0.3, -0.25) is 0 Å². The van der Waals surface area contributed by atoms with Crippen molar-refractivity contribution in [3.63, 3.8) is 0 Å². The third-order valence-corrected chi connectivity index (χ3v) is 5.31. The lowest BCUT2D eigenvalue weighted by molar-refractivity contribution is -0.147. The van der Waals surface area contributed by atoms with Gasteiger partial charge in [-0.05, 0) is 52.3 Å². The van der Waals surface area contributed by atoms with E-state index in [0.29, 0.717) is 5.56 Å². The number of rotatable bonds is 4. The van der Waals surface area contributed by atoms with E-state index in [1.165, 1.54) is 18.2 Å². The number of carbonyl (C=O) groups is 2. The van der Waals surface area contributed by atoms with Gasteiger partial charge in [-0.15, -0.1) is 0 Å². The quantitative estimate of drug-likeness (QED) is 0.814. The molecule has 0 bridgehead atoms. The monoisotopic (exact) mass is 369 g/mol. The summed E-state index contributed by atoms with van der Waals surface area (Å²) in [6.45, 7) is 8.55. The second kappa shape index (κ2) is 6.76. The molecule has 2 unspecified atom stereocenters. The Balaban J connectivity index is 2.27. The summed E-state index contributed by atoms with van der Waals surface area (Å²) in [5.41, 5.74) is -0.00280. The average molecular weight is 369 g/mol. The van der Waals surface area contributed by atoms with Gasteiger partial charge >= 0.3 is 11.9 Å². The second-order valence-electron chi connectivity index (χ2n) is 7.21. The van der Waals surface area contributed by atoms with Crippen molar-refractivity contribution in [1.82, 2.24) is 4.72 Å². The molecular formula is C17H23NO6S. The predicted molar refractivity (Wildman–Crippen MR) is 90.6 cm³/mol. The second-order valence-corrected chi connectivity index (χ2v) is 8.89. The van der Waals surface area contributed by atoms with Gasteiger partial charge in [0.05, 0.1) is 10.5 Å². The summed E-state index contributed by atoms with van der Waals surface area (Å²) in [6.07, 6.45) is -0.989. The molecule has 25 heavy (non-hydrogen) atoms. The highest BCUT2D eigenvalue weighted by atomic mass is 32.2. The number of hydrogen-bond acceptors (Lipinski definition) is 6. The number of cyclic esters (lactones) is 1. The van der Waals surface area contributed by atoms with Crippen LogP contribution in [0.25, 0.3) is 0 Å². The lowest BCUT2D eigenvalue weighted by atomic mass is 10.1. The standard InChI is InChI=1S/C17H23NO6S/c1-10-6-7-12(25(21,22)18-17(3,4)5)9-13(10)15(19)24-14-8-11(2)23-16(14)20/h6-7,9,11,14,18H,8H2,1-5H3. The summed E-state index contributed by atoms with van der Waals surface area (Å²) < 4.78 is 37.6. The van der Waals surface area contributed by atoms with Crippen molar-refractivity contribution >= 4 is 22.0 Å². The number of ether oxygens (including phenoxy) is 2. The van der Waals surface area contributed by atoms with Crippen LogP contribution in [0.2, 0.25) is 0 Å². The van der Waals surface area contributed by atoms with Gasteiger partial charge in [0.25, 0.3) is 0 Å². The van der Waals surface area contributed by atoms with E-state index < -0.39 is 33.6 Å². The maximum atomic E-state index is 12.4. The number of esters is 2. The molecule has 1 aromatic carbocycles. The summed E-state index contributed by atoms with van der Waals surface area (Å²) in [5.74, 6) is -1.34. The fourth-order valence-corrected chi connectivity index (χ4v) is 3.90. The van der Waals surface area contributed by atoms with Crippen LogP contribution < -0.4 is 4.72 Å². The van der Waals surface area contributed by atoms with E-state index in [2.05, 4.69) is 4.72 Å².